The van der Waals surface area contributed by atoms with Crippen LogP contribution in [-0.2, 0) is 14.3 Å². The van der Waals surface area contributed by atoms with Gasteiger partial charge in [-0.15, -0.1) is 0 Å². The minimum absolute atomic E-state index is 0.0712. The highest BCUT2D eigenvalue weighted by Gasteiger charge is 2.21. The molecule has 0 spiro atoms. The number of fused-ring (bicyclic) bond motifs is 1. The molecule has 1 amide bonds. The zero-order chi connectivity index (χ0) is 21.6. The van der Waals surface area contributed by atoms with Crippen LogP contribution in [0.25, 0.3) is 10.9 Å². The summed E-state index contributed by atoms with van der Waals surface area (Å²) in [6, 6.07) is 20.5. The zero-order valence-corrected chi connectivity index (χ0v) is 17.7. The van der Waals surface area contributed by atoms with E-state index in [1.54, 1.807) is 0 Å². The van der Waals surface area contributed by atoms with Crippen LogP contribution in [0, 0.1) is 0 Å². The van der Waals surface area contributed by atoms with Gasteiger partial charge in [-0.25, -0.2) is 4.98 Å². The molecule has 0 saturated carbocycles. The molecule has 1 aliphatic heterocycles. The van der Waals surface area contributed by atoms with Crippen molar-refractivity contribution in [3.63, 3.8) is 0 Å². The van der Waals surface area contributed by atoms with E-state index in [1.165, 1.54) is 12.7 Å². The molecular formula is C25H27N3O3. The third-order valence-electron chi connectivity index (χ3n) is 5.83. The largest absolute Gasteiger partial charge is 0.469 e. The van der Waals surface area contributed by atoms with E-state index in [2.05, 4.69) is 45.3 Å². The SMILES string of the molecule is COC(=O)CCC(=O)Nc1ccc2nc(N3CCC(c4ccccc4)CC3)ccc2c1. The average molecular weight is 418 g/mol. The zero-order valence-electron chi connectivity index (χ0n) is 17.7. The summed E-state index contributed by atoms with van der Waals surface area (Å²) in [6.07, 6.45) is 2.42. The van der Waals surface area contributed by atoms with Crippen molar-refractivity contribution in [2.75, 3.05) is 30.4 Å². The fraction of sp³-hybridized carbons (Fsp3) is 0.320. The van der Waals surface area contributed by atoms with E-state index < -0.39 is 5.97 Å². The van der Waals surface area contributed by atoms with Crippen molar-refractivity contribution < 1.29 is 14.3 Å². The maximum absolute atomic E-state index is 12.0. The Morgan fingerprint density at radius 1 is 1.03 bits per heavy atom. The van der Waals surface area contributed by atoms with Crippen LogP contribution in [0.2, 0.25) is 0 Å². The second kappa shape index (κ2) is 9.60. The Balaban J connectivity index is 1.38. The summed E-state index contributed by atoms with van der Waals surface area (Å²) in [6.45, 7) is 1.98. The van der Waals surface area contributed by atoms with Crippen molar-refractivity contribution in [3.05, 3.63) is 66.2 Å². The lowest BCUT2D eigenvalue weighted by molar-refractivity contribution is -0.141. The van der Waals surface area contributed by atoms with E-state index in [9.17, 15) is 9.59 Å². The molecule has 0 unspecified atom stereocenters. The smallest absolute Gasteiger partial charge is 0.306 e. The lowest BCUT2D eigenvalue weighted by Crippen LogP contribution is -2.33. The van der Waals surface area contributed by atoms with Crippen LogP contribution >= 0.6 is 0 Å². The molecular weight excluding hydrogens is 390 g/mol. The Hall–Kier alpha value is -3.41. The average Bonchev–Trinajstić information content (AvgIpc) is 2.83. The number of aromatic nitrogens is 1. The Bertz CT molecular complexity index is 1060. The lowest BCUT2D eigenvalue weighted by atomic mass is 9.89. The Kier molecular flexibility index (Phi) is 6.46. The molecule has 0 bridgehead atoms. The summed E-state index contributed by atoms with van der Waals surface area (Å²) in [5, 5.41) is 3.79. The lowest BCUT2D eigenvalue weighted by Gasteiger charge is -2.33. The van der Waals surface area contributed by atoms with Gasteiger partial charge in [0.05, 0.1) is 19.0 Å². The second-order valence-corrected chi connectivity index (χ2v) is 7.87. The van der Waals surface area contributed by atoms with Crippen molar-refractivity contribution in [3.8, 4) is 0 Å². The summed E-state index contributed by atoms with van der Waals surface area (Å²) in [5.74, 6) is 1.01. The van der Waals surface area contributed by atoms with E-state index in [1.807, 2.05) is 30.3 Å². The first-order valence-electron chi connectivity index (χ1n) is 10.7. The predicted octanol–water partition coefficient (Wildman–Crippen LogP) is 4.51. The van der Waals surface area contributed by atoms with Crippen LogP contribution in [0.5, 0.6) is 0 Å². The van der Waals surface area contributed by atoms with Crippen LogP contribution < -0.4 is 10.2 Å². The molecule has 160 valence electrons. The minimum Gasteiger partial charge on any atom is -0.469 e. The molecule has 6 nitrogen and oxygen atoms in total. The Morgan fingerprint density at radius 3 is 2.55 bits per heavy atom. The molecule has 1 aromatic heterocycles. The molecule has 0 aliphatic carbocycles. The molecule has 1 fully saturated rings. The number of carbonyl (C=O) groups excluding carboxylic acids is 2. The van der Waals surface area contributed by atoms with Gasteiger partial charge in [0.1, 0.15) is 5.82 Å². The summed E-state index contributed by atoms with van der Waals surface area (Å²) in [4.78, 5) is 30.4. The number of esters is 1. The highest BCUT2D eigenvalue weighted by molar-refractivity contribution is 5.95. The molecule has 0 radical (unpaired) electrons. The van der Waals surface area contributed by atoms with E-state index in [4.69, 9.17) is 4.98 Å². The van der Waals surface area contributed by atoms with Gasteiger partial charge in [0.25, 0.3) is 0 Å². The standard InChI is InChI=1S/C25H27N3O3/c1-31-25(30)12-11-24(29)26-21-8-9-22-20(17-21)7-10-23(27-22)28-15-13-19(14-16-28)18-5-3-2-4-6-18/h2-10,17,19H,11-16H2,1H3,(H,26,29). The van der Waals surface area contributed by atoms with Crippen molar-refractivity contribution in [1.29, 1.82) is 0 Å². The van der Waals surface area contributed by atoms with Gasteiger partial charge in [-0.05, 0) is 54.7 Å². The number of anilines is 2. The number of pyridine rings is 1. The molecule has 1 saturated heterocycles. The highest BCUT2D eigenvalue weighted by atomic mass is 16.5. The van der Waals surface area contributed by atoms with E-state index in [-0.39, 0.29) is 18.7 Å². The van der Waals surface area contributed by atoms with E-state index in [0.717, 1.165) is 42.7 Å². The number of nitrogens with one attached hydrogen (secondary N) is 1. The first-order valence-corrected chi connectivity index (χ1v) is 10.7. The van der Waals surface area contributed by atoms with Crippen molar-refractivity contribution >= 4 is 34.3 Å². The van der Waals surface area contributed by atoms with Crippen molar-refractivity contribution in [2.24, 2.45) is 0 Å². The normalized spacial score (nSPS) is 14.4. The minimum atomic E-state index is -0.391. The van der Waals surface area contributed by atoms with Crippen LogP contribution in [-0.4, -0.2) is 37.1 Å². The van der Waals surface area contributed by atoms with Gasteiger partial charge in [-0.2, -0.15) is 0 Å². The number of methoxy groups -OCH3 is 1. The first kappa shape index (κ1) is 20.8. The van der Waals surface area contributed by atoms with Gasteiger partial charge in [-0.3, -0.25) is 9.59 Å². The maximum atomic E-state index is 12.0. The van der Waals surface area contributed by atoms with Crippen molar-refractivity contribution in [1.82, 2.24) is 4.98 Å². The van der Waals surface area contributed by atoms with E-state index >= 15 is 0 Å². The number of hydrogen-bond donors (Lipinski definition) is 1. The Labute approximate surface area is 182 Å². The van der Waals surface area contributed by atoms with Crippen LogP contribution in [0.15, 0.2) is 60.7 Å². The van der Waals surface area contributed by atoms with E-state index in [0.29, 0.717) is 11.6 Å². The quantitative estimate of drug-likeness (QED) is 0.598. The van der Waals surface area contributed by atoms with Crippen molar-refractivity contribution in [2.45, 2.75) is 31.6 Å². The number of nitrogens with zero attached hydrogens (tertiary/aromatic N) is 2. The summed E-state index contributed by atoms with van der Waals surface area (Å²) < 4.78 is 4.57. The molecule has 3 aromatic rings. The van der Waals surface area contributed by atoms with Gasteiger partial charge < -0.3 is 15.0 Å². The monoisotopic (exact) mass is 417 g/mol. The molecule has 4 rings (SSSR count). The molecule has 0 atom stereocenters. The maximum Gasteiger partial charge on any atom is 0.306 e. The molecule has 6 heteroatoms. The van der Waals surface area contributed by atoms with Crippen LogP contribution in [0.3, 0.4) is 0 Å². The Morgan fingerprint density at radius 2 is 1.81 bits per heavy atom. The van der Waals surface area contributed by atoms with Gasteiger partial charge in [0, 0.05) is 30.6 Å². The predicted molar refractivity (Wildman–Crippen MR) is 122 cm³/mol. The molecule has 31 heavy (non-hydrogen) atoms. The molecule has 1 N–H and O–H groups in total. The topological polar surface area (TPSA) is 71.5 Å². The van der Waals surface area contributed by atoms with Crippen LogP contribution in [0.1, 0.15) is 37.2 Å². The molecule has 1 aliphatic rings. The van der Waals surface area contributed by atoms with Gasteiger partial charge in [0.2, 0.25) is 5.91 Å². The number of hydrogen-bond acceptors (Lipinski definition) is 5. The highest BCUT2D eigenvalue weighted by Crippen LogP contribution is 2.30. The number of rotatable bonds is 6. The summed E-state index contributed by atoms with van der Waals surface area (Å²) in [5.41, 5.74) is 3.02. The number of amides is 1. The summed E-state index contributed by atoms with van der Waals surface area (Å²) >= 11 is 0. The first-order chi connectivity index (χ1) is 15.1. The number of carbonyl (C=O) groups is 2. The number of benzene rings is 2. The fourth-order valence-corrected chi connectivity index (χ4v) is 4.08. The van der Waals surface area contributed by atoms with Gasteiger partial charge >= 0.3 is 5.97 Å². The van der Waals surface area contributed by atoms with Gasteiger partial charge in [-0.1, -0.05) is 30.3 Å². The third kappa shape index (κ3) is 5.20. The second-order valence-electron chi connectivity index (χ2n) is 7.87. The molecule has 2 aromatic carbocycles. The third-order valence-corrected chi connectivity index (χ3v) is 5.83. The van der Waals surface area contributed by atoms with Crippen LogP contribution in [0.4, 0.5) is 11.5 Å². The molecule has 2 heterocycles. The summed E-state index contributed by atoms with van der Waals surface area (Å²) in [7, 11) is 1.32. The number of ether oxygens (including phenoxy) is 1. The van der Waals surface area contributed by atoms with Gasteiger partial charge in [0.15, 0.2) is 0 Å². The fourth-order valence-electron chi connectivity index (χ4n) is 4.08. The number of piperidine rings is 1.